The molecule has 0 bridgehead atoms. The molecule has 1 rings (SSSR count). The van der Waals surface area contributed by atoms with Gasteiger partial charge in [-0.1, -0.05) is 12.2 Å². The zero-order valence-corrected chi connectivity index (χ0v) is 7.74. The third-order valence-corrected chi connectivity index (χ3v) is 2.55. The van der Waals surface area contributed by atoms with Gasteiger partial charge in [-0.2, -0.15) is 0 Å². The Hall–Kier alpha value is 0.0500. The van der Waals surface area contributed by atoms with Crippen molar-refractivity contribution in [2.75, 3.05) is 13.1 Å². The normalized spacial score (nSPS) is 21.2. The first-order valence-electron chi connectivity index (χ1n) is 3.85. The average molecular weight is 157 g/mol. The van der Waals surface area contributed by atoms with Crippen LogP contribution >= 0.6 is 12.2 Å². The van der Waals surface area contributed by atoms with E-state index in [0.717, 1.165) is 0 Å². The van der Waals surface area contributed by atoms with Gasteiger partial charge >= 0.3 is 0 Å². The number of nitrogens with zero attached hydrogens (tertiary/aromatic N) is 1. The molecule has 0 aliphatic carbocycles. The van der Waals surface area contributed by atoms with Gasteiger partial charge in [0.15, 0.2) is 0 Å². The van der Waals surface area contributed by atoms with Crippen molar-refractivity contribution >= 4 is 17.1 Å². The Labute approximate surface area is 68.4 Å². The molecular weight excluding hydrogens is 142 g/mol. The maximum absolute atomic E-state index is 5.08. The molecule has 0 saturated carbocycles. The van der Waals surface area contributed by atoms with E-state index in [9.17, 15) is 0 Å². The molecule has 1 nitrogen and oxygen atoms in total. The summed E-state index contributed by atoms with van der Waals surface area (Å²) < 4.78 is 0. The van der Waals surface area contributed by atoms with Gasteiger partial charge in [-0.3, -0.25) is 4.90 Å². The van der Waals surface area contributed by atoms with Gasteiger partial charge in [-0.25, -0.2) is 0 Å². The minimum atomic E-state index is 0.700. The Morgan fingerprint density at radius 2 is 2.00 bits per heavy atom. The Balaban J connectivity index is 2.24. The van der Waals surface area contributed by atoms with Crippen molar-refractivity contribution in [1.82, 2.24) is 4.90 Å². The summed E-state index contributed by atoms with van der Waals surface area (Å²) in [5, 5.41) is 0. The number of thiocarbonyl (C=S) groups is 1. The van der Waals surface area contributed by atoms with E-state index in [0.29, 0.717) is 12.0 Å². The fourth-order valence-electron chi connectivity index (χ4n) is 1.19. The third-order valence-electron chi connectivity index (χ3n) is 2.22. The van der Waals surface area contributed by atoms with Crippen LogP contribution in [-0.2, 0) is 0 Å². The van der Waals surface area contributed by atoms with Crippen LogP contribution in [0, 0.1) is 5.92 Å². The van der Waals surface area contributed by atoms with Gasteiger partial charge in [0.2, 0.25) is 0 Å². The SMILES string of the molecule is CC(=S)C1CN(C(C)C)C1. The van der Waals surface area contributed by atoms with Gasteiger partial charge in [-0.15, -0.1) is 0 Å². The van der Waals surface area contributed by atoms with Crippen LogP contribution in [0.2, 0.25) is 0 Å². The second kappa shape index (κ2) is 2.97. The first-order chi connectivity index (χ1) is 4.61. The first kappa shape index (κ1) is 8.15. The molecule has 0 N–H and O–H groups in total. The van der Waals surface area contributed by atoms with E-state index in [1.807, 2.05) is 0 Å². The van der Waals surface area contributed by atoms with Gasteiger partial charge < -0.3 is 0 Å². The highest BCUT2D eigenvalue weighted by molar-refractivity contribution is 7.80. The summed E-state index contributed by atoms with van der Waals surface area (Å²) in [6.07, 6.45) is 0. The van der Waals surface area contributed by atoms with Crippen LogP contribution in [0.4, 0.5) is 0 Å². The number of rotatable bonds is 2. The van der Waals surface area contributed by atoms with Gasteiger partial charge in [0.05, 0.1) is 0 Å². The summed E-state index contributed by atoms with van der Waals surface area (Å²) in [6.45, 7) is 8.89. The lowest BCUT2D eigenvalue weighted by Gasteiger charge is -2.41. The zero-order valence-electron chi connectivity index (χ0n) is 6.92. The highest BCUT2D eigenvalue weighted by Gasteiger charge is 2.29. The van der Waals surface area contributed by atoms with E-state index in [1.54, 1.807) is 0 Å². The summed E-state index contributed by atoms with van der Waals surface area (Å²) in [4.78, 5) is 3.62. The van der Waals surface area contributed by atoms with Crippen molar-refractivity contribution in [3.05, 3.63) is 0 Å². The number of likely N-dealkylation sites (tertiary alicyclic amines) is 1. The molecule has 10 heavy (non-hydrogen) atoms. The molecule has 0 aromatic rings. The van der Waals surface area contributed by atoms with Gasteiger partial charge in [-0.05, 0) is 25.6 Å². The van der Waals surface area contributed by atoms with Crippen molar-refractivity contribution in [2.24, 2.45) is 5.92 Å². The molecule has 1 aliphatic heterocycles. The van der Waals surface area contributed by atoms with Crippen LogP contribution in [0.1, 0.15) is 20.8 Å². The molecule has 0 amide bonds. The third kappa shape index (κ3) is 1.55. The monoisotopic (exact) mass is 157 g/mol. The van der Waals surface area contributed by atoms with Crippen LogP contribution in [0.5, 0.6) is 0 Å². The molecule has 1 saturated heterocycles. The summed E-state index contributed by atoms with van der Waals surface area (Å²) in [6, 6.07) is 0.700. The molecular formula is C8H15NS. The molecule has 2 heteroatoms. The van der Waals surface area contributed by atoms with Crippen molar-refractivity contribution < 1.29 is 0 Å². The Morgan fingerprint density at radius 1 is 1.50 bits per heavy atom. The van der Waals surface area contributed by atoms with Crippen LogP contribution in [0.25, 0.3) is 0 Å². The quantitative estimate of drug-likeness (QED) is 0.561. The molecule has 0 aromatic heterocycles. The maximum atomic E-state index is 5.08. The topological polar surface area (TPSA) is 3.24 Å². The van der Waals surface area contributed by atoms with E-state index in [2.05, 4.69) is 25.7 Å². The van der Waals surface area contributed by atoms with Crippen LogP contribution in [0.3, 0.4) is 0 Å². The van der Waals surface area contributed by atoms with Gasteiger partial charge in [0, 0.05) is 25.0 Å². The van der Waals surface area contributed by atoms with E-state index in [1.165, 1.54) is 18.0 Å². The molecule has 0 spiro atoms. The first-order valence-corrected chi connectivity index (χ1v) is 4.26. The predicted octanol–water partition coefficient (Wildman–Crippen LogP) is 1.72. The van der Waals surface area contributed by atoms with Crippen molar-refractivity contribution in [3.8, 4) is 0 Å². The average Bonchev–Trinajstić information content (AvgIpc) is 1.56. The van der Waals surface area contributed by atoms with Crippen LogP contribution < -0.4 is 0 Å². The molecule has 0 atom stereocenters. The fourth-order valence-corrected chi connectivity index (χ4v) is 1.34. The van der Waals surface area contributed by atoms with Crippen molar-refractivity contribution in [2.45, 2.75) is 26.8 Å². The number of hydrogen-bond donors (Lipinski definition) is 0. The molecule has 1 heterocycles. The zero-order chi connectivity index (χ0) is 7.72. The smallest absolute Gasteiger partial charge is 0.0155 e. The lowest BCUT2D eigenvalue weighted by atomic mass is 9.96. The van der Waals surface area contributed by atoms with E-state index < -0.39 is 0 Å². The molecule has 0 radical (unpaired) electrons. The van der Waals surface area contributed by atoms with Gasteiger partial charge in [0.1, 0.15) is 0 Å². The Morgan fingerprint density at radius 3 is 2.30 bits per heavy atom. The van der Waals surface area contributed by atoms with Crippen molar-refractivity contribution in [1.29, 1.82) is 0 Å². The summed E-state index contributed by atoms with van der Waals surface area (Å²) >= 11 is 5.08. The summed E-state index contributed by atoms with van der Waals surface area (Å²) in [5.74, 6) is 0.706. The molecule has 58 valence electrons. The second-order valence-electron chi connectivity index (χ2n) is 3.36. The standard InChI is InChI=1S/C8H15NS/c1-6(2)9-4-8(5-9)7(3)10/h6,8H,4-5H2,1-3H3. The minimum absolute atomic E-state index is 0.700. The number of hydrogen-bond acceptors (Lipinski definition) is 2. The lowest BCUT2D eigenvalue weighted by Crippen LogP contribution is -2.52. The molecule has 0 aromatic carbocycles. The second-order valence-corrected chi connectivity index (χ2v) is 4.00. The molecule has 0 unspecified atom stereocenters. The maximum Gasteiger partial charge on any atom is 0.0155 e. The molecule has 1 fully saturated rings. The Kier molecular flexibility index (Phi) is 2.42. The van der Waals surface area contributed by atoms with Crippen LogP contribution in [0.15, 0.2) is 0 Å². The Bertz CT molecular complexity index is 136. The predicted molar refractivity (Wildman–Crippen MR) is 48.5 cm³/mol. The largest absolute Gasteiger partial charge is 0.300 e. The van der Waals surface area contributed by atoms with E-state index >= 15 is 0 Å². The lowest BCUT2D eigenvalue weighted by molar-refractivity contribution is 0.105. The fraction of sp³-hybridized carbons (Fsp3) is 0.875. The van der Waals surface area contributed by atoms with E-state index in [-0.39, 0.29) is 0 Å². The van der Waals surface area contributed by atoms with Gasteiger partial charge in [0.25, 0.3) is 0 Å². The van der Waals surface area contributed by atoms with Crippen molar-refractivity contribution in [3.63, 3.8) is 0 Å². The summed E-state index contributed by atoms with van der Waals surface area (Å²) in [5.41, 5.74) is 0. The summed E-state index contributed by atoms with van der Waals surface area (Å²) in [7, 11) is 0. The van der Waals surface area contributed by atoms with E-state index in [4.69, 9.17) is 12.2 Å². The van der Waals surface area contributed by atoms with Crippen LogP contribution in [-0.4, -0.2) is 28.9 Å². The molecule has 1 aliphatic rings. The minimum Gasteiger partial charge on any atom is -0.300 e. The highest BCUT2D eigenvalue weighted by atomic mass is 32.1. The highest BCUT2D eigenvalue weighted by Crippen LogP contribution is 2.19.